The zero-order valence-corrected chi connectivity index (χ0v) is 9.84. The summed E-state index contributed by atoms with van der Waals surface area (Å²) in [6, 6.07) is 4.86. The highest BCUT2D eigenvalue weighted by atomic mass is 32.2. The molecule has 0 radical (unpaired) electrons. The maximum Gasteiger partial charge on any atom is 0.456 e. The van der Waals surface area contributed by atoms with E-state index < -0.39 is 38.3 Å². The molecule has 0 aromatic heterocycles. The van der Waals surface area contributed by atoms with Crippen LogP contribution in [0.2, 0.25) is 0 Å². The molecule has 1 aromatic rings. The topological polar surface area (TPSA) is 83.5 Å². The molecule has 19 heavy (non-hydrogen) atoms. The van der Waals surface area contributed by atoms with Crippen molar-refractivity contribution in [3.05, 3.63) is 35.5 Å². The molecule has 0 spiro atoms. The lowest BCUT2D eigenvalue weighted by Gasteiger charge is -2.21. The van der Waals surface area contributed by atoms with Gasteiger partial charge in [-0.05, 0) is 12.1 Å². The number of Topliss-reactive ketones (excluding diaryl/α,β-unsaturated/α-hetero) is 1. The quantitative estimate of drug-likeness (QED) is 0.818. The summed E-state index contributed by atoms with van der Waals surface area (Å²) < 4.78 is 61.7. The standard InChI is InChI=1S/C10H6F3NO4S/c11-10(12,13)9(16)7-8(15)5-3-1-2-4-6(5)19(17,18)14-7/h1-4,14-15H. The fraction of sp³-hybridized carbons (Fsp3) is 0.100. The molecule has 102 valence electrons. The fourth-order valence-electron chi connectivity index (χ4n) is 1.56. The molecule has 0 aliphatic carbocycles. The number of nitrogens with one attached hydrogen (secondary N) is 1. The predicted molar refractivity (Wildman–Crippen MR) is 57.4 cm³/mol. The highest BCUT2D eigenvalue weighted by molar-refractivity contribution is 7.89. The largest absolute Gasteiger partial charge is 0.505 e. The van der Waals surface area contributed by atoms with Crippen LogP contribution >= 0.6 is 0 Å². The summed E-state index contributed by atoms with van der Waals surface area (Å²) in [5.41, 5.74) is -1.75. The Bertz CT molecular complexity index is 691. The van der Waals surface area contributed by atoms with E-state index in [1.807, 2.05) is 0 Å². The highest BCUT2D eigenvalue weighted by Gasteiger charge is 2.45. The van der Waals surface area contributed by atoms with Gasteiger partial charge in [0.2, 0.25) is 0 Å². The number of carbonyl (C=O) groups excluding carboxylic acids is 1. The summed E-state index contributed by atoms with van der Waals surface area (Å²) in [6.45, 7) is 0. The third kappa shape index (κ3) is 2.16. The van der Waals surface area contributed by atoms with Gasteiger partial charge < -0.3 is 5.11 Å². The Morgan fingerprint density at radius 1 is 1.21 bits per heavy atom. The fourth-order valence-corrected chi connectivity index (χ4v) is 2.84. The minimum atomic E-state index is -5.29. The van der Waals surface area contributed by atoms with Gasteiger partial charge in [-0.15, -0.1) is 0 Å². The molecule has 9 heteroatoms. The number of halogens is 3. The SMILES string of the molecule is O=C(C1=C(O)c2ccccc2S(=O)(=O)N1)C(F)(F)F. The van der Waals surface area contributed by atoms with Crippen LogP contribution in [0.25, 0.3) is 5.76 Å². The first-order valence-corrected chi connectivity index (χ1v) is 6.30. The van der Waals surface area contributed by atoms with Crippen LogP contribution in [0.3, 0.4) is 0 Å². The molecule has 0 saturated carbocycles. The van der Waals surface area contributed by atoms with Gasteiger partial charge in [-0.25, -0.2) is 8.42 Å². The molecule has 0 bridgehead atoms. The number of allylic oxidation sites excluding steroid dienone is 1. The molecule has 0 fully saturated rings. The monoisotopic (exact) mass is 293 g/mol. The molecule has 1 aliphatic rings. The van der Waals surface area contributed by atoms with E-state index in [-0.39, 0.29) is 5.56 Å². The molecule has 0 atom stereocenters. The van der Waals surface area contributed by atoms with Gasteiger partial charge in [0, 0.05) is 5.56 Å². The van der Waals surface area contributed by atoms with E-state index in [0.29, 0.717) is 0 Å². The number of ketones is 1. The van der Waals surface area contributed by atoms with E-state index in [4.69, 9.17) is 0 Å². The maximum atomic E-state index is 12.3. The number of sulfonamides is 1. The minimum absolute atomic E-state index is 0.353. The van der Waals surface area contributed by atoms with Crippen LogP contribution in [0.15, 0.2) is 34.9 Å². The van der Waals surface area contributed by atoms with E-state index in [1.165, 1.54) is 16.9 Å². The Morgan fingerprint density at radius 2 is 1.79 bits per heavy atom. The molecule has 0 unspecified atom stereocenters. The number of aliphatic hydroxyl groups excluding tert-OH is 1. The number of rotatable bonds is 1. The summed E-state index contributed by atoms with van der Waals surface area (Å²) in [5.74, 6) is -3.50. The first kappa shape index (κ1) is 13.4. The molecule has 2 N–H and O–H groups in total. The molecule has 1 heterocycles. The molecule has 0 saturated heterocycles. The van der Waals surface area contributed by atoms with E-state index >= 15 is 0 Å². The lowest BCUT2D eigenvalue weighted by atomic mass is 10.1. The first-order valence-electron chi connectivity index (χ1n) is 4.81. The van der Waals surface area contributed by atoms with Crippen LogP contribution in [-0.2, 0) is 14.8 Å². The van der Waals surface area contributed by atoms with Gasteiger partial charge in [-0.1, -0.05) is 12.1 Å². The number of hydrogen-bond donors (Lipinski definition) is 2. The van der Waals surface area contributed by atoms with E-state index in [9.17, 15) is 31.5 Å². The second kappa shape index (κ2) is 3.98. The molecule has 1 aliphatic heterocycles. The van der Waals surface area contributed by atoms with E-state index in [1.54, 1.807) is 0 Å². The highest BCUT2D eigenvalue weighted by Crippen LogP contribution is 2.32. The number of aliphatic hydroxyl groups is 1. The van der Waals surface area contributed by atoms with Gasteiger partial charge in [-0.3, -0.25) is 9.52 Å². The number of carbonyl (C=O) groups is 1. The third-order valence-electron chi connectivity index (χ3n) is 2.39. The van der Waals surface area contributed by atoms with Crippen LogP contribution in [0, 0.1) is 0 Å². The Kier molecular flexibility index (Phi) is 2.81. The van der Waals surface area contributed by atoms with Crippen molar-refractivity contribution in [1.82, 2.24) is 4.72 Å². The second-order valence-corrected chi connectivity index (χ2v) is 5.30. The Balaban J connectivity index is 2.70. The van der Waals surface area contributed by atoms with Crippen molar-refractivity contribution < 1.29 is 31.5 Å². The van der Waals surface area contributed by atoms with E-state index in [2.05, 4.69) is 0 Å². The van der Waals surface area contributed by atoms with Crippen molar-refractivity contribution in [3.63, 3.8) is 0 Å². The van der Waals surface area contributed by atoms with Gasteiger partial charge in [0.15, 0.2) is 5.76 Å². The Labute approximate surface area is 105 Å². The smallest absolute Gasteiger partial charge is 0.456 e. The van der Waals surface area contributed by atoms with Crippen molar-refractivity contribution >= 4 is 21.6 Å². The maximum absolute atomic E-state index is 12.3. The minimum Gasteiger partial charge on any atom is -0.505 e. The average molecular weight is 293 g/mol. The van der Waals surface area contributed by atoms with Gasteiger partial charge in [-0.2, -0.15) is 13.2 Å². The summed E-state index contributed by atoms with van der Waals surface area (Å²) in [4.78, 5) is 10.7. The first-order chi connectivity index (χ1) is 8.64. The van der Waals surface area contributed by atoms with Gasteiger partial charge in [0.1, 0.15) is 5.70 Å². The zero-order chi connectivity index (χ0) is 14.4. The number of hydrogen-bond acceptors (Lipinski definition) is 4. The second-order valence-electron chi connectivity index (χ2n) is 3.65. The third-order valence-corrected chi connectivity index (χ3v) is 3.80. The zero-order valence-electron chi connectivity index (χ0n) is 9.02. The molecule has 1 aromatic carbocycles. The Hall–Kier alpha value is -2.03. The van der Waals surface area contributed by atoms with Gasteiger partial charge in [0.25, 0.3) is 15.8 Å². The van der Waals surface area contributed by atoms with Crippen molar-refractivity contribution in [2.45, 2.75) is 11.1 Å². The van der Waals surface area contributed by atoms with Crippen LogP contribution in [-0.4, -0.2) is 25.5 Å². The Morgan fingerprint density at radius 3 is 2.37 bits per heavy atom. The van der Waals surface area contributed by atoms with Crippen LogP contribution in [0.5, 0.6) is 0 Å². The molecular formula is C10H6F3NO4S. The lowest BCUT2D eigenvalue weighted by molar-refractivity contribution is -0.166. The van der Waals surface area contributed by atoms with Crippen LogP contribution < -0.4 is 4.72 Å². The van der Waals surface area contributed by atoms with Gasteiger partial charge in [0.05, 0.1) is 4.90 Å². The van der Waals surface area contributed by atoms with Crippen molar-refractivity contribution in [2.75, 3.05) is 0 Å². The molecule has 0 amide bonds. The summed E-state index contributed by atoms with van der Waals surface area (Å²) in [6.07, 6.45) is -5.29. The summed E-state index contributed by atoms with van der Waals surface area (Å²) in [7, 11) is -4.32. The number of alkyl halides is 3. The normalized spacial score (nSPS) is 17.6. The van der Waals surface area contributed by atoms with Crippen molar-refractivity contribution in [1.29, 1.82) is 0 Å². The number of fused-ring (bicyclic) bond motifs is 1. The predicted octanol–water partition coefficient (Wildman–Crippen LogP) is 1.34. The van der Waals surface area contributed by atoms with Crippen molar-refractivity contribution in [2.24, 2.45) is 0 Å². The molecular weight excluding hydrogens is 287 g/mol. The molecule has 2 rings (SSSR count). The average Bonchev–Trinajstić information content (AvgIpc) is 2.32. The van der Waals surface area contributed by atoms with Gasteiger partial charge >= 0.3 is 6.18 Å². The molecule has 5 nitrogen and oxygen atoms in total. The number of benzene rings is 1. The van der Waals surface area contributed by atoms with Crippen molar-refractivity contribution in [3.8, 4) is 0 Å². The van der Waals surface area contributed by atoms with Crippen LogP contribution in [0.4, 0.5) is 13.2 Å². The van der Waals surface area contributed by atoms with Crippen LogP contribution in [0.1, 0.15) is 5.56 Å². The summed E-state index contributed by atoms with van der Waals surface area (Å²) in [5, 5.41) is 9.62. The summed E-state index contributed by atoms with van der Waals surface area (Å²) >= 11 is 0. The van der Waals surface area contributed by atoms with E-state index in [0.717, 1.165) is 12.1 Å². The lowest BCUT2D eigenvalue weighted by Crippen LogP contribution is -2.38.